The number of carboxylic acids is 1. The SMILES string of the molecule is CC(C)(C)OC(=O)N[C@H](CCC(=O)c1cccc(Cl)c1)C(=O)O. The van der Waals surface area contributed by atoms with Crippen molar-refractivity contribution in [1.29, 1.82) is 0 Å². The molecule has 23 heavy (non-hydrogen) atoms. The number of ether oxygens (including phenoxy) is 1. The van der Waals surface area contributed by atoms with E-state index in [9.17, 15) is 14.4 Å². The highest BCUT2D eigenvalue weighted by Gasteiger charge is 2.24. The lowest BCUT2D eigenvalue weighted by Gasteiger charge is -2.21. The minimum absolute atomic E-state index is 0.0346. The smallest absolute Gasteiger partial charge is 0.408 e. The summed E-state index contributed by atoms with van der Waals surface area (Å²) in [4.78, 5) is 34.9. The first-order chi connectivity index (χ1) is 10.6. The fourth-order valence-electron chi connectivity index (χ4n) is 1.79. The Kier molecular flexibility index (Phi) is 6.57. The average Bonchev–Trinajstić information content (AvgIpc) is 2.40. The molecule has 0 aromatic heterocycles. The summed E-state index contributed by atoms with van der Waals surface area (Å²) in [6.07, 6.45) is -0.910. The largest absolute Gasteiger partial charge is 0.480 e. The van der Waals surface area contributed by atoms with Crippen LogP contribution in [0.5, 0.6) is 0 Å². The number of alkyl carbamates (subject to hydrolysis) is 1. The lowest BCUT2D eigenvalue weighted by atomic mass is 10.0. The van der Waals surface area contributed by atoms with Gasteiger partial charge in [-0.15, -0.1) is 0 Å². The van der Waals surface area contributed by atoms with Gasteiger partial charge in [0, 0.05) is 17.0 Å². The fraction of sp³-hybridized carbons (Fsp3) is 0.438. The molecule has 0 aliphatic rings. The summed E-state index contributed by atoms with van der Waals surface area (Å²) in [6, 6.07) is 5.20. The van der Waals surface area contributed by atoms with Gasteiger partial charge in [0.2, 0.25) is 0 Å². The first-order valence-electron chi connectivity index (χ1n) is 7.09. The molecule has 0 aliphatic carbocycles. The molecule has 0 radical (unpaired) electrons. The maximum absolute atomic E-state index is 12.0. The van der Waals surface area contributed by atoms with Gasteiger partial charge in [-0.25, -0.2) is 9.59 Å². The Balaban J connectivity index is 2.61. The highest BCUT2D eigenvalue weighted by atomic mass is 35.5. The Labute approximate surface area is 139 Å². The molecule has 6 nitrogen and oxygen atoms in total. The number of carbonyl (C=O) groups excluding carboxylic acids is 2. The van der Waals surface area contributed by atoms with Gasteiger partial charge in [0.1, 0.15) is 11.6 Å². The van der Waals surface area contributed by atoms with Gasteiger partial charge in [0.05, 0.1) is 0 Å². The van der Waals surface area contributed by atoms with E-state index in [-0.39, 0.29) is 18.6 Å². The summed E-state index contributed by atoms with van der Waals surface area (Å²) in [7, 11) is 0. The Morgan fingerprint density at radius 2 is 1.96 bits per heavy atom. The van der Waals surface area contributed by atoms with E-state index in [2.05, 4.69) is 5.32 Å². The van der Waals surface area contributed by atoms with E-state index in [1.807, 2.05) is 0 Å². The number of ketones is 1. The first kappa shape index (κ1) is 19.0. The van der Waals surface area contributed by atoms with Crippen LogP contribution in [0.2, 0.25) is 5.02 Å². The van der Waals surface area contributed by atoms with Gasteiger partial charge in [-0.05, 0) is 39.3 Å². The third kappa shape index (κ3) is 7.15. The molecule has 1 rings (SSSR count). The second-order valence-electron chi connectivity index (χ2n) is 6.01. The Bertz CT molecular complexity index is 594. The van der Waals surface area contributed by atoms with Gasteiger partial charge in [-0.1, -0.05) is 23.7 Å². The Morgan fingerprint density at radius 3 is 2.48 bits per heavy atom. The monoisotopic (exact) mass is 341 g/mol. The van der Waals surface area contributed by atoms with Gasteiger partial charge in [-0.2, -0.15) is 0 Å². The quantitative estimate of drug-likeness (QED) is 0.774. The topological polar surface area (TPSA) is 92.7 Å². The number of halogens is 1. The predicted octanol–water partition coefficient (Wildman–Crippen LogP) is 3.28. The maximum atomic E-state index is 12.0. The maximum Gasteiger partial charge on any atom is 0.408 e. The van der Waals surface area contributed by atoms with Gasteiger partial charge in [0.15, 0.2) is 5.78 Å². The molecule has 126 valence electrons. The molecule has 0 unspecified atom stereocenters. The summed E-state index contributed by atoms with van der Waals surface area (Å²) in [5.41, 5.74) is -0.331. The molecule has 0 saturated carbocycles. The van der Waals surface area contributed by atoms with Gasteiger partial charge < -0.3 is 15.2 Å². The van der Waals surface area contributed by atoms with Crippen LogP contribution in [0.4, 0.5) is 4.79 Å². The number of hydrogen-bond donors (Lipinski definition) is 2. The minimum Gasteiger partial charge on any atom is -0.480 e. The van der Waals surface area contributed by atoms with E-state index in [1.165, 1.54) is 6.07 Å². The van der Waals surface area contributed by atoms with Crippen molar-refractivity contribution < 1.29 is 24.2 Å². The van der Waals surface area contributed by atoms with E-state index in [4.69, 9.17) is 21.4 Å². The predicted molar refractivity (Wildman–Crippen MR) is 85.8 cm³/mol. The molecule has 2 N–H and O–H groups in total. The molecule has 1 atom stereocenters. The van der Waals surface area contributed by atoms with Crippen LogP contribution in [0.1, 0.15) is 44.0 Å². The van der Waals surface area contributed by atoms with Crippen LogP contribution in [0.3, 0.4) is 0 Å². The number of aliphatic carboxylic acids is 1. The second kappa shape index (κ2) is 7.97. The van der Waals surface area contributed by atoms with Crippen molar-refractivity contribution in [2.75, 3.05) is 0 Å². The molecule has 1 aromatic carbocycles. The van der Waals surface area contributed by atoms with E-state index >= 15 is 0 Å². The Hall–Kier alpha value is -2.08. The van der Waals surface area contributed by atoms with Gasteiger partial charge in [-0.3, -0.25) is 4.79 Å². The third-order valence-electron chi connectivity index (χ3n) is 2.80. The van der Waals surface area contributed by atoms with E-state index in [0.717, 1.165) is 0 Å². The third-order valence-corrected chi connectivity index (χ3v) is 3.03. The summed E-state index contributed by atoms with van der Waals surface area (Å²) in [5.74, 6) is -1.47. The highest BCUT2D eigenvalue weighted by Crippen LogP contribution is 2.14. The normalized spacial score (nSPS) is 12.3. The van der Waals surface area contributed by atoms with E-state index < -0.39 is 23.7 Å². The summed E-state index contributed by atoms with van der Waals surface area (Å²) >= 11 is 5.81. The first-order valence-corrected chi connectivity index (χ1v) is 7.47. The molecular weight excluding hydrogens is 322 g/mol. The van der Waals surface area contributed by atoms with Gasteiger partial charge in [0.25, 0.3) is 0 Å². The van der Waals surface area contributed by atoms with Crippen LogP contribution in [0.25, 0.3) is 0 Å². The van der Waals surface area contributed by atoms with Crippen LogP contribution in [-0.2, 0) is 9.53 Å². The van der Waals surface area contributed by atoms with E-state index in [0.29, 0.717) is 10.6 Å². The van der Waals surface area contributed by atoms with Crippen LogP contribution in [-0.4, -0.2) is 34.6 Å². The Morgan fingerprint density at radius 1 is 1.30 bits per heavy atom. The van der Waals surface area contributed by atoms with Crippen molar-refractivity contribution in [3.63, 3.8) is 0 Å². The van der Waals surface area contributed by atoms with Crippen molar-refractivity contribution in [2.45, 2.75) is 45.3 Å². The molecule has 0 heterocycles. The number of benzene rings is 1. The zero-order valence-electron chi connectivity index (χ0n) is 13.3. The van der Waals surface area contributed by atoms with Crippen molar-refractivity contribution in [3.05, 3.63) is 34.9 Å². The van der Waals surface area contributed by atoms with Crippen LogP contribution in [0, 0.1) is 0 Å². The highest BCUT2D eigenvalue weighted by molar-refractivity contribution is 6.31. The van der Waals surface area contributed by atoms with E-state index in [1.54, 1.807) is 39.0 Å². The summed E-state index contributed by atoms with van der Waals surface area (Å²) in [6.45, 7) is 5.01. The number of amides is 1. The summed E-state index contributed by atoms with van der Waals surface area (Å²) < 4.78 is 5.01. The number of carboxylic acid groups (broad SMARTS) is 1. The van der Waals surface area contributed by atoms with Crippen molar-refractivity contribution in [3.8, 4) is 0 Å². The van der Waals surface area contributed by atoms with Crippen molar-refractivity contribution in [1.82, 2.24) is 5.32 Å². The molecule has 7 heteroatoms. The number of nitrogens with one attached hydrogen (secondary N) is 1. The standard InChI is InChI=1S/C16H20ClNO5/c1-16(2,3)23-15(22)18-12(14(20)21)7-8-13(19)10-5-4-6-11(17)9-10/h4-6,9,12H,7-8H2,1-3H3,(H,18,22)(H,20,21)/t12-/m1/s1. The fourth-order valence-corrected chi connectivity index (χ4v) is 1.98. The van der Waals surface area contributed by atoms with Crippen LogP contribution >= 0.6 is 11.6 Å². The molecule has 0 aliphatic heterocycles. The average molecular weight is 342 g/mol. The summed E-state index contributed by atoms with van der Waals surface area (Å²) in [5, 5.41) is 11.8. The number of hydrogen-bond acceptors (Lipinski definition) is 4. The molecule has 1 amide bonds. The molecule has 0 spiro atoms. The number of rotatable bonds is 6. The van der Waals surface area contributed by atoms with Crippen molar-refractivity contribution >= 4 is 29.4 Å². The lowest BCUT2D eigenvalue weighted by Crippen LogP contribution is -2.43. The number of carbonyl (C=O) groups is 3. The molecule has 0 bridgehead atoms. The van der Waals surface area contributed by atoms with Crippen molar-refractivity contribution in [2.24, 2.45) is 0 Å². The molecular formula is C16H20ClNO5. The lowest BCUT2D eigenvalue weighted by molar-refractivity contribution is -0.139. The molecule has 0 fully saturated rings. The molecule has 0 saturated heterocycles. The van der Waals surface area contributed by atoms with Crippen LogP contribution in [0.15, 0.2) is 24.3 Å². The van der Waals surface area contributed by atoms with Gasteiger partial charge >= 0.3 is 12.1 Å². The second-order valence-corrected chi connectivity index (χ2v) is 6.45. The number of Topliss-reactive ketones (excluding diaryl/α,β-unsaturated/α-hetero) is 1. The zero-order valence-corrected chi connectivity index (χ0v) is 14.0. The minimum atomic E-state index is -1.23. The van der Waals surface area contributed by atoms with Crippen LogP contribution < -0.4 is 5.32 Å². The zero-order chi connectivity index (χ0) is 17.6. The molecule has 1 aromatic rings.